The van der Waals surface area contributed by atoms with Crippen LogP contribution in [0.4, 0.5) is 5.69 Å². The van der Waals surface area contributed by atoms with E-state index in [-0.39, 0.29) is 29.7 Å². The Bertz CT molecular complexity index is 1380. The van der Waals surface area contributed by atoms with Crippen LogP contribution < -0.4 is 38.2 Å². The number of nitrogens with zero attached hydrogens (tertiary/aromatic N) is 2. The minimum absolute atomic E-state index is 0. The van der Waals surface area contributed by atoms with Gasteiger partial charge in [-0.15, -0.1) is 0 Å². The summed E-state index contributed by atoms with van der Waals surface area (Å²) in [5.74, 6) is 0.244. The molecule has 230 valence electrons. The van der Waals surface area contributed by atoms with E-state index in [9.17, 15) is 13.5 Å². The molecule has 0 spiro atoms. The summed E-state index contributed by atoms with van der Waals surface area (Å²) in [5.41, 5.74) is 2.87. The smallest absolute Gasteiger partial charge is 0.179 e. The van der Waals surface area contributed by atoms with Crippen LogP contribution in [-0.4, -0.2) is 39.5 Å². The summed E-state index contributed by atoms with van der Waals surface area (Å²) in [6.07, 6.45) is 8.30. The van der Waals surface area contributed by atoms with Crippen molar-refractivity contribution in [3.05, 3.63) is 83.7 Å². The number of unbranched alkanes of at least 4 members (excludes halogenated alkanes) is 2. The molecule has 0 unspecified atom stereocenters. The number of fused-ring (bicyclic) bond motifs is 1. The summed E-state index contributed by atoms with van der Waals surface area (Å²) >= 11 is 0. The Balaban J connectivity index is 0.00000484. The van der Waals surface area contributed by atoms with E-state index in [1.165, 1.54) is 0 Å². The number of hydrogen-bond acceptors (Lipinski definition) is 5. The summed E-state index contributed by atoms with van der Waals surface area (Å²) in [6.45, 7) is 7.73. The monoisotopic (exact) mass is 706 g/mol. The number of sulfone groups is 1. The average molecular weight is 707 g/mol. The highest BCUT2D eigenvalue weighted by atomic mass is 127. The number of hydrogen-bond donors (Lipinski definition) is 1. The van der Waals surface area contributed by atoms with Crippen LogP contribution in [0.25, 0.3) is 0 Å². The van der Waals surface area contributed by atoms with E-state index in [0.29, 0.717) is 29.9 Å². The van der Waals surface area contributed by atoms with Gasteiger partial charge in [-0.3, -0.25) is 0 Å². The van der Waals surface area contributed by atoms with Gasteiger partial charge in [-0.2, -0.15) is 0 Å². The van der Waals surface area contributed by atoms with Crippen LogP contribution in [0.15, 0.2) is 71.9 Å². The number of benzene rings is 2. The number of aliphatic hydroxyl groups excluding tert-OH is 1. The Morgan fingerprint density at radius 2 is 1.57 bits per heavy atom. The van der Waals surface area contributed by atoms with Crippen LogP contribution in [0.3, 0.4) is 0 Å². The van der Waals surface area contributed by atoms with Crippen LogP contribution in [0.5, 0.6) is 5.75 Å². The molecule has 2 heterocycles. The fourth-order valence-corrected chi connectivity index (χ4v) is 8.32. The molecule has 4 rings (SSSR count). The lowest BCUT2D eigenvalue weighted by molar-refractivity contribution is -0.693. The van der Waals surface area contributed by atoms with E-state index in [2.05, 4.69) is 37.5 Å². The Hall–Kier alpha value is -2.17. The highest BCUT2D eigenvalue weighted by molar-refractivity contribution is 7.91. The maximum absolute atomic E-state index is 14.0. The zero-order chi connectivity index (χ0) is 29.6. The predicted molar refractivity (Wildman–Crippen MR) is 165 cm³/mol. The molecule has 0 aliphatic carbocycles. The quantitative estimate of drug-likeness (QED) is 0.232. The SMILES string of the molecule is CCCCC1(CCCC)CS(=O)(=O)c2ccc(N(C)C)cc2[C@@H](c2ccc(OCc3cc[n+](CC)cc3)cc2)[C@H]1O.[I-]. The lowest BCUT2D eigenvalue weighted by atomic mass is 9.68. The highest BCUT2D eigenvalue weighted by Crippen LogP contribution is 2.50. The lowest BCUT2D eigenvalue weighted by Gasteiger charge is -2.40. The maximum Gasteiger partial charge on any atom is 0.179 e. The van der Waals surface area contributed by atoms with Crippen molar-refractivity contribution in [1.29, 1.82) is 0 Å². The maximum atomic E-state index is 14.0. The zero-order valence-electron chi connectivity index (χ0n) is 25.7. The molecule has 0 fully saturated rings. The molecular formula is C34H47IN2O4S. The van der Waals surface area contributed by atoms with Gasteiger partial charge in [0.25, 0.3) is 0 Å². The number of rotatable bonds is 12. The number of aryl methyl sites for hydroxylation is 1. The van der Waals surface area contributed by atoms with Gasteiger partial charge in [0, 0.05) is 48.8 Å². The molecule has 2 atom stereocenters. The number of halogens is 1. The van der Waals surface area contributed by atoms with Crippen LogP contribution in [0.1, 0.15) is 81.9 Å². The summed E-state index contributed by atoms with van der Waals surface area (Å²) in [7, 11) is 0.280. The third-order valence-electron chi connectivity index (χ3n) is 8.63. The minimum atomic E-state index is -3.62. The fraction of sp³-hybridized carbons (Fsp3) is 0.500. The van der Waals surface area contributed by atoms with Crippen molar-refractivity contribution < 1.29 is 46.8 Å². The topological polar surface area (TPSA) is 70.7 Å². The van der Waals surface area contributed by atoms with Gasteiger partial charge in [0.05, 0.1) is 16.8 Å². The highest BCUT2D eigenvalue weighted by Gasteiger charge is 2.49. The van der Waals surface area contributed by atoms with Crippen molar-refractivity contribution in [1.82, 2.24) is 0 Å². The number of pyridine rings is 1. The van der Waals surface area contributed by atoms with E-state index < -0.39 is 27.3 Å². The molecule has 42 heavy (non-hydrogen) atoms. The average Bonchev–Trinajstić information content (AvgIpc) is 3.04. The Morgan fingerprint density at radius 3 is 2.12 bits per heavy atom. The van der Waals surface area contributed by atoms with Gasteiger partial charge in [-0.05, 0) is 61.2 Å². The third-order valence-corrected chi connectivity index (χ3v) is 10.6. The van der Waals surface area contributed by atoms with Crippen molar-refractivity contribution in [2.24, 2.45) is 5.41 Å². The summed E-state index contributed by atoms with van der Waals surface area (Å²) in [6, 6.07) is 17.6. The standard InChI is InChI=1S/C34H47N2O4S.HI/c1-6-9-19-34(20-10-7-2)25-41(38,39)31-16-13-28(35(4)5)23-30(31)32(33(34)37)27-11-14-29(15-12-27)40-24-26-17-21-36(8-3)22-18-26;/h11-18,21-23,32-33,37H,6-10,19-20,24-25H2,1-5H3;1H/q+1;/p-1/t32-,33-;/m1./s1. The van der Waals surface area contributed by atoms with Crippen molar-refractivity contribution >= 4 is 15.5 Å². The van der Waals surface area contributed by atoms with Gasteiger partial charge in [-0.1, -0.05) is 51.7 Å². The summed E-state index contributed by atoms with van der Waals surface area (Å²) < 4.78 is 36.2. The Labute approximate surface area is 270 Å². The molecule has 2 aromatic carbocycles. The van der Waals surface area contributed by atoms with Crippen LogP contribution in [-0.2, 0) is 23.0 Å². The van der Waals surface area contributed by atoms with Crippen molar-refractivity contribution in [3.8, 4) is 5.75 Å². The molecular weight excluding hydrogens is 659 g/mol. The van der Waals surface area contributed by atoms with E-state index >= 15 is 0 Å². The van der Waals surface area contributed by atoms with Crippen molar-refractivity contribution in [3.63, 3.8) is 0 Å². The van der Waals surface area contributed by atoms with Gasteiger partial charge in [0.2, 0.25) is 0 Å². The second-order valence-electron chi connectivity index (χ2n) is 11.8. The van der Waals surface area contributed by atoms with E-state index in [1.54, 1.807) is 6.07 Å². The molecule has 0 saturated carbocycles. The molecule has 3 aromatic rings. The molecule has 1 N–H and O–H groups in total. The van der Waals surface area contributed by atoms with Crippen molar-refractivity contribution in [2.75, 3.05) is 24.7 Å². The molecule has 1 aliphatic heterocycles. The number of aliphatic hydroxyl groups is 1. The van der Waals surface area contributed by atoms with Gasteiger partial charge in [-0.25, -0.2) is 13.0 Å². The molecule has 1 aliphatic rings. The third kappa shape index (κ3) is 7.66. The first-order valence-electron chi connectivity index (χ1n) is 15.1. The van der Waals surface area contributed by atoms with Gasteiger partial charge in [0.15, 0.2) is 22.2 Å². The molecule has 6 nitrogen and oxygen atoms in total. The molecule has 1 aromatic heterocycles. The molecule has 0 radical (unpaired) electrons. The van der Waals surface area contributed by atoms with Crippen LogP contribution >= 0.6 is 0 Å². The van der Waals surface area contributed by atoms with E-state index in [0.717, 1.165) is 54.8 Å². The molecule has 8 heteroatoms. The lowest BCUT2D eigenvalue weighted by Crippen LogP contribution is -3.00. The minimum Gasteiger partial charge on any atom is -1.00 e. The second-order valence-corrected chi connectivity index (χ2v) is 13.7. The fourth-order valence-electron chi connectivity index (χ4n) is 6.12. The second kappa shape index (κ2) is 15.0. The van der Waals surface area contributed by atoms with Crippen LogP contribution in [0.2, 0.25) is 0 Å². The number of ether oxygens (including phenoxy) is 1. The predicted octanol–water partition coefficient (Wildman–Crippen LogP) is 3.29. The number of anilines is 1. The molecule has 0 amide bonds. The molecule has 0 bridgehead atoms. The van der Waals surface area contributed by atoms with Crippen molar-refractivity contribution in [2.45, 2.75) is 89.4 Å². The first-order chi connectivity index (χ1) is 19.6. The van der Waals surface area contributed by atoms with Gasteiger partial charge < -0.3 is 38.7 Å². The van der Waals surface area contributed by atoms with E-state index in [1.807, 2.05) is 67.8 Å². The Kier molecular flexibility index (Phi) is 12.3. The summed E-state index contributed by atoms with van der Waals surface area (Å²) in [5, 5.41) is 12.3. The number of aromatic nitrogens is 1. The van der Waals surface area contributed by atoms with Gasteiger partial charge >= 0.3 is 0 Å². The Morgan fingerprint density at radius 1 is 0.952 bits per heavy atom. The normalized spacial score (nSPS) is 18.8. The first kappa shape index (κ1) is 34.3. The zero-order valence-corrected chi connectivity index (χ0v) is 28.7. The van der Waals surface area contributed by atoms with Crippen LogP contribution in [0, 0.1) is 5.41 Å². The first-order valence-corrected chi connectivity index (χ1v) is 16.7. The van der Waals surface area contributed by atoms with Gasteiger partial charge in [0.1, 0.15) is 18.9 Å². The molecule has 0 saturated heterocycles. The largest absolute Gasteiger partial charge is 1.00 e. The summed E-state index contributed by atoms with van der Waals surface area (Å²) in [4.78, 5) is 2.32. The van der Waals surface area contributed by atoms with E-state index in [4.69, 9.17) is 4.74 Å².